The van der Waals surface area contributed by atoms with Gasteiger partial charge in [-0.25, -0.2) is 13.4 Å². The Balaban J connectivity index is 2.39. The molecule has 0 saturated carbocycles. The number of pyridine rings is 1. The third kappa shape index (κ3) is 2.64. The molecular weight excluding hydrogens is 276 g/mol. The molecule has 20 heavy (non-hydrogen) atoms. The van der Waals surface area contributed by atoms with Crippen molar-refractivity contribution < 1.29 is 8.42 Å². The summed E-state index contributed by atoms with van der Waals surface area (Å²) in [4.78, 5) is 4.09. The highest BCUT2D eigenvalue weighted by atomic mass is 32.2. The molecule has 6 nitrogen and oxygen atoms in total. The van der Waals surface area contributed by atoms with Gasteiger partial charge in [0.1, 0.15) is 5.65 Å². The summed E-state index contributed by atoms with van der Waals surface area (Å²) >= 11 is 0. The average Bonchev–Trinajstić information content (AvgIpc) is 2.75. The standard InChI is InChI=1S/C13H20N4O2S/c1-3-4-6-9-16(2)20(18,19)13-12(14)15-11-8-5-7-10-17(11)13/h5,7-8,10H,3-4,6,9,14H2,1-2H3. The molecule has 0 aromatic carbocycles. The van der Waals surface area contributed by atoms with Crippen molar-refractivity contribution in [1.29, 1.82) is 0 Å². The van der Waals surface area contributed by atoms with E-state index in [9.17, 15) is 8.42 Å². The van der Waals surface area contributed by atoms with Crippen LogP contribution in [0.1, 0.15) is 26.2 Å². The Morgan fingerprint density at radius 3 is 2.80 bits per heavy atom. The first-order chi connectivity index (χ1) is 9.48. The zero-order valence-corrected chi connectivity index (χ0v) is 12.6. The van der Waals surface area contributed by atoms with E-state index in [1.54, 1.807) is 31.4 Å². The third-order valence-corrected chi connectivity index (χ3v) is 5.14. The number of nitrogens with zero attached hydrogens (tertiary/aromatic N) is 3. The Labute approximate surface area is 119 Å². The molecule has 0 fully saturated rings. The topological polar surface area (TPSA) is 80.7 Å². The van der Waals surface area contributed by atoms with E-state index >= 15 is 0 Å². The molecule has 0 bridgehead atoms. The number of aromatic nitrogens is 2. The van der Waals surface area contributed by atoms with Gasteiger partial charge in [-0.2, -0.15) is 4.31 Å². The van der Waals surface area contributed by atoms with Gasteiger partial charge in [-0.05, 0) is 18.6 Å². The summed E-state index contributed by atoms with van der Waals surface area (Å²) in [5.74, 6) is 0.0403. The quantitative estimate of drug-likeness (QED) is 0.823. The number of nitrogen functional groups attached to an aromatic ring is 1. The summed E-state index contributed by atoms with van der Waals surface area (Å²) in [6, 6.07) is 5.28. The van der Waals surface area contributed by atoms with E-state index in [0.29, 0.717) is 12.2 Å². The van der Waals surface area contributed by atoms with E-state index in [-0.39, 0.29) is 10.8 Å². The molecular formula is C13H20N4O2S. The molecule has 0 amide bonds. The Morgan fingerprint density at radius 1 is 1.35 bits per heavy atom. The minimum absolute atomic E-state index is 0.0403. The van der Waals surface area contributed by atoms with Crippen molar-refractivity contribution in [2.75, 3.05) is 19.3 Å². The van der Waals surface area contributed by atoms with Crippen LogP contribution in [0.3, 0.4) is 0 Å². The maximum atomic E-state index is 12.6. The smallest absolute Gasteiger partial charge is 0.262 e. The number of imidazole rings is 1. The van der Waals surface area contributed by atoms with Gasteiger partial charge >= 0.3 is 0 Å². The van der Waals surface area contributed by atoms with Crippen molar-refractivity contribution in [1.82, 2.24) is 13.7 Å². The summed E-state index contributed by atoms with van der Waals surface area (Å²) in [6.07, 6.45) is 4.54. The Bertz CT molecular complexity index is 693. The first-order valence-electron chi connectivity index (χ1n) is 6.67. The Morgan fingerprint density at radius 2 is 2.10 bits per heavy atom. The molecule has 2 heterocycles. The van der Waals surface area contributed by atoms with Crippen molar-refractivity contribution in [3.05, 3.63) is 24.4 Å². The first-order valence-corrected chi connectivity index (χ1v) is 8.11. The molecule has 0 aliphatic carbocycles. The molecule has 2 aromatic rings. The number of anilines is 1. The lowest BCUT2D eigenvalue weighted by atomic mass is 10.2. The minimum atomic E-state index is -3.62. The Kier molecular flexibility index (Phi) is 4.29. The van der Waals surface area contributed by atoms with E-state index in [2.05, 4.69) is 11.9 Å². The van der Waals surface area contributed by atoms with Gasteiger partial charge in [0.05, 0.1) is 0 Å². The summed E-state index contributed by atoms with van der Waals surface area (Å²) in [6.45, 7) is 2.56. The van der Waals surface area contributed by atoms with Crippen molar-refractivity contribution >= 4 is 21.5 Å². The average molecular weight is 296 g/mol. The van der Waals surface area contributed by atoms with Crippen LogP contribution >= 0.6 is 0 Å². The van der Waals surface area contributed by atoms with Gasteiger partial charge in [-0.15, -0.1) is 0 Å². The van der Waals surface area contributed by atoms with Crippen molar-refractivity contribution in [3.63, 3.8) is 0 Å². The van der Waals surface area contributed by atoms with Gasteiger partial charge in [0.25, 0.3) is 10.0 Å². The fourth-order valence-electron chi connectivity index (χ4n) is 2.10. The Hall–Kier alpha value is -1.60. The number of hydrogen-bond acceptors (Lipinski definition) is 4. The second-order valence-corrected chi connectivity index (χ2v) is 6.72. The highest BCUT2D eigenvalue weighted by Crippen LogP contribution is 2.23. The van der Waals surface area contributed by atoms with Gasteiger partial charge in [-0.1, -0.05) is 25.8 Å². The molecule has 7 heteroatoms. The van der Waals surface area contributed by atoms with Crippen molar-refractivity contribution in [3.8, 4) is 0 Å². The second kappa shape index (κ2) is 5.80. The van der Waals surface area contributed by atoms with Crippen LogP contribution in [0.2, 0.25) is 0 Å². The molecule has 2 rings (SSSR count). The molecule has 110 valence electrons. The van der Waals surface area contributed by atoms with Gasteiger partial charge in [-0.3, -0.25) is 4.40 Å². The summed E-state index contributed by atoms with van der Waals surface area (Å²) in [5.41, 5.74) is 6.33. The van der Waals surface area contributed by atoms with Crippen LogP contribution in [0.5, 0.6) is 0 Å². The molecule has 2 aromatic heterocycles. The maximum Gasteiger partial charge on any atom is 0.262 e. The molecule has 2 N–H and O–H groups in total. The summed E-state index contributed by atoms with van der Waals surface area (Å²) in [5, 5.41) is 0.0482. The second-order valence-electron chi connectivity index (χ2n) is 4.76. The van der Waals surface area contributed by atoms with Gasteiger partial charge < -0.3 is 5.73 Å². The molecule has 0 unspecified atom stereocenters. The number of nitrogens with two attached hydrogens (primary N) is 1. The number of hydrogen-bond donors (Lipinski definition) is 1. The van der Waals surface area contributed by atoms with E-state index < -0.39 is 10.0 Å². The first kappa shape index (κ1) is 14.8. The van der Waals surface area contributed by atoms with Gasteiger partial charge in [0.15, 0.2) is 10.8 Å². The molecule has 0 atom stereocenters. The lowest BCUT2D eigenvalue weighted by Crippen LogP contribution is -2.29. The fourth-order valence-corrected chi connectivity index (χ4v) is 3.48. The molecule has 0 aliphatic rings. The van der Waals surface area contributed by atoms with Crippen LogP contribution in [0.4, 0.5) is 5.82 Å². The molecule has 0 radical (unpaired) electrons. The number of fused-ring (bicyclic) bond motifs is 1. The minimum Gasteiger partial charge on any atom is -0.381 e. The number of sulfonamides is 1. The van der Waals surface area contributed by atoms with Crippen molar-refractivity contribution in [2.24, 2.45) is 0 Å². The third-order valence-electron chi connectivity index (χ3n) is 3.24. The van der Waals surface area contributed by atoms with Crippen LogP contribution in [0.25, 0.3) is 5.65 Å². The molecule has 0 saturated heterocycles. The lowest BCUT2D eigenvalue weighted by Gasteiger charge is -2.16. The number of rotatable bonds is 6. The zero-order chi connectivity index (χ0) is 14.8. The van der Waals surface area contributed by atoms with Crippen LogP contribution in [0.15, 0.2) is 29.4 Å². The van der Waals surface area contributed by atoms with Crippen LogP contribution < -0.4 is 5.73 Å². The highest BCUT2D eigenvalue weighted by Gasteiger charge is 2.27. The number of unbranched alkanes of at least 4 members (excludes halogenated alkanes) is 2. The van der Waals surface area contributed by atoms with Crippen LogP contribution in [0, 0.1) is 0 Å². The SMILES string of the molecule is CCCCCN(C)S(=O)(=O)c1c(N)nc2ccccn12. The van der Waals surface area contributed by atoms with Crippen LogP contribution in [-0.2, 0) is 10.0 Å². The fraction of sp³-hybridized carbons (Fsp3) is 0.462. The van der Waals surface area contributed by atoms with Crippen LogP contribution in [-0.4, -0.2) is 35.7 Å². The van der Waals surface area contributed by atoms with E-state index in [0.717, 1.165) is 19.3 Å². The van der Waals surface area contributed by atoms with E-state index in [4.69, 9.17) is 5.73 Å². The predicted octanol–water partition coefficient (Wildman–Crippen LogP) is 1.73. The molecule has 0 aliphatic heterocycles. The monoisotopic (exact) mass is 296 g/mol. The van der Waals surface area contributed by atoms with Gasteiger partial charge in [0, 0.05) is 19.8 Å². The normalized spacial score (nSPS) is 12.3. The predicted molar refractivity (Wildman–Crippen MR) is 78.9 cm³/mol. The largest absolute Gasteiger partial charge is 0.381 e. The molecule has 0 spiro atoms. The van der Waals surface area contributed by atoms with E-state index in [1.165, 1.54) is 8.71 Å². The summed E-state index contributed by atoms with van der Waals surface area (Å²) in [7, 11) is -2.05. The summed E-state index contributed by atoms with van der Waals surface area (Å²) < 4.78 is 28.1. The lowest BCUT2D eigenvalue weighted by molar-refractivity contribution is 0.451. The maximum absolute atomic E-state index is 12.6. The van der Waals surface area contributed by atoms with Crippen molar-refractivity contribution in [2.45, 2.75) is 31.2 Å². The zero-order valence-electron chi connectivity index (χ0n) is 11.8. The highest BCUT2D eigenvalue weighted by molar-refractivity contribution is 7.89. The van der Waals surface area contributed by atoms with Gasteiger partial charge in [0.2, 0.25) is 0 Å². The van der Waals surface area contributed by atoms with E-state index in [1.807, 2.05) is 0 Å².